The van der Waals surface area contributed by atoms with E-state index in [1.165, 1.54) is 7.11 Å². The number of hydrogen-bond donors (Lipinski definition) is 1. The minimum Gasteiger partial charge on any atom is -0.468 e. The van der Waals surface area contributed by atoms with E-state index in [-0.39, 0.29) is 13.2 Å². The molecule has 0 radical (unpaired) electrons. The van der Waals surface area contributed by atoms with E-state index in [2.05, 4.69) is 4.74 Å². The number of phosphoric ester groups is 1. The molecule has 20 heavy (non-hydrogen) atoms. The molecule has 1 unspecified atom stereocenters. The lowest BCUT2D eigenvalue weighted by atomic mass is 9.91. The van der Waals surface area contributed by atoms with Crippen molar-refractivity contribution in [1.82, 2.24) is 0 Å². The smallest absolute Gasteiger partial charge is 0.468 e. The van der Waals surface area contributed by atoms with Gasteiger partial charge in [0.25, 0.3) is 6.47 Å². The molecule has 0 aliphatic rings. The highest BCUT2D eigenvalue weighted by atomic mass is 31.2. The lowest BCUT2D eigenvalue weighted by molar-refractivity contribution is -0.128. The van der Waals surface area contributed by atoms with Crippen LogP contribution in [0.2, 0.25) is 0 Å². The Labute approximate surface area is 120 Å². The fourth-order valence-corrected chi connectivity index (χ4v) is 3.17. The Kier molecular flexibility index (Phi) is 7.91. The van der Waals surface area contributed by atoms with E-state index < -0.39 is 19.0 Å². The number of rotatable bonds is 11. The van der Waals surface area contributed by atoms with Gasteiger partial charge in [0.05, 0.1) is 18.8 Å². The molecule has 0 rings (SSSR count). The zero-order valence-corrected chi connectivity index (χ0v) is 13.8. The maximum atomic E-state index is 12.3. The van der Waals surface area contributed by atoms with Gasteiger partial charge in [-0.25, -0.2) is 4.57 Å². The van der Waals surface area contributed by atoms with Crippen molar-refractivity contribution in [3.8, 4) is 0 Å². The van der Waals surface area contributed by atoms with Crippen LogP contribution in [0.4, 0.5) is 0 Å². The quantitative estimate of drug-likeness (QED) is 0.355. The SMILES string of the molecule is COP(=O)(OCCCOC=O)OC(C)(C)CC(C)(C)N. The van der Waals surface area contributed by atoms with Gasteiger partial charge in [-0.15, -0.1) is 0 Å². The third-order valence-electron chi connectivity index (χ3n) is 2.19. The van der Waals surface area contributed by atoms with Crippen LogP contribution in [0.25, 0.3) is 0 Å². The summed E-state index contributed by atoms with van der Waals surface area (Å²) in [6.45, 7) is 7.88. The minimum atomic E-state index is -3.66. The molecule has 0 heterocycles. The van der Waals surface area contributed by atoms with E-state index in [9.17, 15) is 9.36 Å². The zero-order valence-electron chi connectivity index (χ0n) is 12.9. The maximum Gasteiger partial charge on any atom is 0.475 e. The number of hydrogen-bond acceptors (Lipinski definition) is 7. The Hall–Kier alpha value is -0.460. The van der Waals surface area contributed by atoms with E-state index >= 15 is 0 Å². The van der Waals surface area contributed by atoms with Crippen LogP contribution in [-0.2, 0) is 27.7 Å². The molecule has 2 N–H and O–H groups in total. The summed E-state index contributed by atoms with van der Waals surface area (Å²) in [7, 11) is -2.40. The summed E-state index contributed by atoms with van der Waals surface area (Å²) in [5.41, 5.74) is 4.70. The third-order valence-corrected chi connectivity index (χ3v) is 3.85. The molecule has 0 aromatic rings. The number of phosphoric acid groups is 1. The lowest BCUT2D eigenvalue weighted by Gasteiger charge is -2.33. The molecule has 0 aliphatic heterocycles. The zero-order chi connectivity index (χ0) is 15.9. The summed E-state index contributed by atoms with van der Waals surface area (Å²) in [5, 5.41) is 0. The number of ether oxygens (including phenoxy) is 1. The first-order chi connectivity index (χ1) is 9.04. The van der Waals surface area contributed by atoms with Gasteiger partial charge < -0.3 is 10.5 Å². The van der Waals surface area contributed by atoms with Crippen molar-refractivity contribution in [2.45, 2.75) is 51.7 Å². The van der Waals surface area contributed by atoms with Crippen molar-refractivity contribution in [2.24, 2.45) is 5.73 Å². The van der Waals surface area contributed by atoms with Gasteiger partial charge in [0.2, 0.25) is 0 Å². The first-order valence-corrected chi connectivity index (χ1v) is 7.85. The van der Waals surface area contributed by atoms with Gasteiger partial charge in [0, 0.05) is 19.1 Å². The number of nitrogens with two attached hydrogens (primary N) is 1. The summed E-state index contributed by atoms with van der Waals surface area (Å²) < 4.78 is 32.3. The Balaban J connectivity index is 4.41. The van der Waals surface area contributed by atoms with Gasteiger partial charge in [-0.2, -0.15) is 0 Å². The predicted octanol–water partition coefficient (Wildman–Crippen LogP) is 2.24. The van der Waals surface area contributed by atoms with E-state index in [0.717, 1.165) is 0 Å². The second-order valence-corrected chi connectivity index (χ2v) is 7.50. The molecule has 7 nitrogen and oxygen atoms in total. The highest BCUT2D eigenvalue weighted by molar-refractivity contribution is 7.48. The Morgan fingerprint density at radius 1 is 1.20 bits per heavy atom. The first kappa shape index (κ1) is 19.5. The normalized spacial score (nSPS) is 15.7. The second kappa shape index (κ2) is 8.10. The molecule has 0 bridgehead atoms. The average Bonchev–Trinajstić information content (AvgIpc) is 2.24. The van der Waals surface area contributed by atoms with Gasteiger partial charge in [0.1, 0.15) is 0 Å². The van der Waals surface area contributed by atoms with Crippen LogP contribution in [0.1, 0.15) is 40.5 Å². The Bertz CT molecular complexity index is 339. The van der Waals surface area contributed by atoms with Crippen molar-refractivity contribution < 1.29 is 27.7 Å². The Morgan fingerprint density at radius 3 is 2.25 bits per heavy atom. The van der Waals surface area contributed by atoms with Gasteiger partial charge >= 0.3 is 7.82 Å². The molecule has 0 aromatic heterocycles. The van der Waals surface area contributed by atoms with E-state index in [0.29, 0.717) is 19.3 Å². The largest absolute Gasteiger partial charge is 0.475 e. The van der Waals surface area contributed by atoms with Crippen LogP contribution in [0.15, 0.2) is 0 Å². The molecule has 0 amide bonds. The van der Waals surface area contributed by atoms with Crippen molar-refractivity contribution in [3.05, 3.63) is 0 Å². The highest BCUT2D eigenvalue weighted by Gasteiger charge is 2.36. The van der Waals surface area contributed by atoms with Crippen LogP contribution < -0.4 is 5.73 Å². The van der Waals surface area contributed by atoms with Gasteiger partial charge in [-0.3, -0.25) is 18.4 Å². The van der Waals surface area contributed by atoms with Crippen molar-refractivity contribution in [3.63, 3.8) is 0 Å². The first-order valence-electron chi connectivity index (χ1n) is 6.39. The fraction of sp³-hybridized carbons (Fsp3) is 0.917. The van der Waals surface area contributed by atoms with Crippen LogP contribution in [0.5, 0.6) is 0 Å². The molecule has 0 saturated carbocycles. The number of carbonyl (C=O) groups excluding carboxylic acids is 1. The summed E-state index contributed by atoms with van der Waals surface area (Å²) in [4.78, 5) is 9.96. The topological polar surface area (TPSA) is 97.1 Å². The highest BCUT2D eigenvalue weighted by Crippen LogP contribution is 2.53. The molecule has 0 aromatic carbocycles. The molecule has 120 valence electrons. The molecule has 0 fully saturated rings. The Morgan fingerprint density at radius 2 is 1.80 bits per heavy atom. The van der Waals surface area contributed by atoms with Crippen molar-refractivity contribution in [2.75, 3.05) is 20.3 Å². The molecule has 0 saturated heterocycles. The van der Waals surface area contributed by atoms with Gasteiger partial charge in [-0.05, 0) is 34.1 Å². The average molecular weight is 311 g/mol. The van der Waals surface area contributed by atoms with Crippen molar-refractivity contribution >= 4 is 14.3 Å². The van der Waals surface area contributed by atoms with E-state index in [1.807, 2.05) is 13.8 Å². The second-order valence-electron chi connectivity index (χ2n) is 5.80. The van der Waals surface area contributed by atoms with E-state index in [4.69, 9.17) is 19.3 Å². The minimum absolute atomic E-state index is 0.0983. The summed E-state index contributed by atoms with van der Waals surface area (Å²) in [6, 6.07) is 0. The maximum absolute atomic E-state index is 12.3. The molecule has 1 atom stereocenters. The summed E-state index contributed by atoms with van der Waals surface area (Å²) in [6.07, 6.45) is 0.878. The number of carbonyl (C=O) groups is 1. The molecule has 8 heteroatoms. The molecular weight excluding hydrogens is 285 g/mol. The lowest BCUT2D eigenvalue weighted by Crippen LogP contribution is -2.41. The summed E-state index contributed by atoms with van der Waals surface area (Å²) >= 11 is 0. The summed E-state index contributed by atoms with van der Waals surface area (Å²) in [5.74, 6) is 0. The van der Waals surface area contributed by atoms with Gasteiger partial charge in [-0.1, -0.05) is 0 Å². The monoisotopic (exact) mass is 311 g/mol. The van der Waals surface area contributed by atoms with Crippen molar-refractivity contribution in [1.29, 1.82) is 0 Å². The molecule has 0 aliphatic carbocycles. The standard InChI is InChI=1S/C12H26NO6P/c1-11(2,13)9-12(3,4)19-20(15,16-5)18-8-6-7-17-10-14/h10H,6-9,13H2,1-5H3. The van der Waals surface area contributed by atoms with E-state index in [1.54, 1.807) is 13.8 Å². The molecule has 0 spiro atoms. The van der Waals surface area contributed by atoms with Crippen LogP contribution in [0, 0.1) is 0 Å². The van der Waals surface area contributed by atoms with Crippen LogP contribution >= 0.6 is 7.82 Å². The van der Waals surface area contributed by atoms with Gasteiger partial charge in [0.15, 0.2) is 0 Å². The van der Waals surface area contributed by atoms with Crippen LogP contribution in [-0.4, -0.2) is 37.9 Å². The fourth-order valence-electron chi connectivity index (χ4n) is 1.92. The van der Waals surface area contributed by atoms with Crippen LogP contribution in [0.3, 0.4) is 0 Å². The predicted molar refractivity (Wildman–Crippen MR) is 75.2 cm³/mol. The third kappa shape index (κ3) is 9.44. The molecular formula is C12H26NO6P.